The van der Waals surface area contributed by atoms with Crippen LogP contribution in [0.15, 0.2) is 0 Å². The summed E-state index contributed by atoms with van der Waals surface area (Å²) in [6, 6.07) is 0.393. The van der Waals surface area contributed by atoms with E-state index in [1.54, 1.807) is 0 Å². The Labute approximate surface area is 72.5 Å². The van der Waals surface area contributed by atoms with Gasteiger partial charge in [0.05, 0.1) is 12.5 Å². The summed E-state index contributed by atoms with van der Waals surface area (Å²) in [6.07, 6.45) is 4.27. The lowest BCUT2D eigenvalue weighted by atomic mass is 9.82. The van der Waals surface area contributed by atoms with Crippen molar-refractivity contribution in [2.24, 2.45) is 5.41 Å². The van der Waals surface area contributed by atoms with Crippen LogP contribution in [-0.2, 0) is 9.53 Å². The topological polar surface area (TPSA) is 38.3 Å². The van der Waals surface area contributed by atoms with Crippen LogP contribution in [0.3, 0.4) is 0 Å². The summed E-state index contributed by atoms with van der Waals surface area (Å²) in [7, 11) is 1.49. The largest absolute Gasteiger partial charge is 0.469 e. The van der Waals surface area contributed by atoms with E-state index in [-0.39, 0.29) is 11.4 Å². The number of methoxy groups -OCH3 is 1. The Morgan fingerprint density at radius 1 is 1.58 bits per heavy atom. The number of carbonyl (C=O) groups is 1. The van der Waals surface area contributed by atoms with Crippen LogP contribution in [0.25, 0.3) is 0 Å². The molecule has 0 amide bonds. The number of nitrogens with one attached hydrogen (secondary N) is 1. The molecule has 2 atom stereocenters. The predicted molar refractivity (Wildman–Crippen MR) is 44.7 cm³/mol. The first-order valence-corrected chi connectivity index (χ1v) is 4.61. The summed E-state index contributed by atoms with van der Waals surface area (Å²) < 4.78 is 4.86. The van der Waals surface area contributed by atoms with Crippen molar-refractivity contribution in [2.75, 3.05) is 13.7 Å². The lowest BCUT2D eigenvalue weighted by Gasteiger charge is -2.24. The van der Waals surface area contributed by atoms with E-state index < -0.39 is 0 Å². The molecular weight excluding hydrogens is 154 g/mol. The monoisotopic (exact) mass is 169 g/mol. The van der Waals surface area contributed by atoms with Crippen molar-refractivity contribution in [3.63, 3.8) is 0 Å². The molecule has 1 saturated carbocycles. The average molecular weight is 169 g/mol. The summed E-state index contributed by atoms with van der Waals surface area (Å²) in [5.41, 5.74) is -0.158. The van der Waals surface area contributed by atoms with Crippen LogP contribution in [0.4, 0.5) is 0 Å². The first-order valence-electron chi connectivity index (χ1n) is 4.61. The highest BCUT2D eigenvalue weighted by atomic mass is 16.5. The molecule has 0 aromatic carbocycles. The van der Waals surface area contributed by atoms with Crippen LogP contribution in [0.1, 0.15) is 25.7 Å². The highest BCUT2D eigenvalue weighted by Crippen LogP contribution is 2.45. The number of esters is 1. The molecule has 2 fully saturated rings. The van der Waals surface area contributed by atoms with Crippen LogP contribution in [0.2, 0.25) is 0 Å². The van der Waals surface area contributed by atoms with Gasteiger partial charge >= 0.3 is 5.97 Å². The maximum Gasteiger partial charge on any atom is 0.313 e. The van der Waals surface area contributed by atoms with Crippen molar-refractivity contribution in [3.05, 3.63) is 0 Å². The Kier molecular flexibility index (Phi) is 1.83. The van der Waals surface area contributed by atoms with Gasteiger partial charge in [-0.2, -0.15) is 0 Å². The lowest BCUT2D eigenvalue weighted by molar-refractivity contribution is -0.152. The molecule has 1 saturated heterocycles. The molecule has 12 heavy (non-hydrogen) atoms. The van der Waals surface area contributed by atoms with E-state index in [0.29, 0.717) is 6.04 Å². The zero-order valence-electron chi connectivity index (χ0n) is 7.43. The van der Waals surface area contributed by atoms with E-state index >= 15 is 0 Å². The second kappa shape index (κ2) is 2.73. The number of carbonyl (C=O) groups excluding carboxylic acids is 1. The average Bonchev–Trinajstić information content (AvgIpc) is 2.60. The van der Waals surface area contributed by atoms with Crippen molar-refractivity contribution >= 4 is 5.97 Å². The summed E-state index contributed by atoms with van der Waals surface area (Å²) in [5.74, 6) is -0.00463. The molecule has 1 heterocycles. The molecular formula is C9H15NO2. The molecule has 0 aromatic heterocycles. The predicted octanol–water partition coefficient (Wildman–Crippen LogP) is 0.692. The molecule has 0 radical (unpaired) electrons. The van der Waals surface area contributed by atoms with Crippen molar-refractivity contribution in [1.29, 1.82) is 0 Å². The van der Waals surface area contributed by atoms with Crippen LogP contribution in [-0.4, -0.2) is 25.7 Å². The number of fused-ring (bicyclic) bond motifs is 1. The number of hydrogen-bond acceptors (Lipinski definition) is 3. The van der Waals surface area contributed by atoms with E-state index in [4.69, 9.17) is 4.74 Å². The highest BCUT2D eigenvalue weighted by Gasteiger charge is 2.52. The molecule has 2 rings (SSSR count). The molecule has 3 heteroatoms. The standard InChI is InChI=1S/C9H15NO2/c1-12-8(11)9-4-2-3-7(9)10-6-5-9/h7,10H,2-6H2,1H3/t7-,9+/m1/s1. The fraction of sp³-hybridized carbons (Fsp3) is 0.889. The van der Waals surface area contributed by atoms with Gasteiger partial charge in [-0.1, -0.05) is 6.42 Å². The second-order valence-electron chi connectivity index (χ2n) is 3.80. The first-order chi connectivity index (χ1) is 5.79. The third-order valence-corrected chi connectivity index (χ3v) is 3.34. The maximum atomic E-state index is 11.6. The zero-order valence-corrected chi connectivity index (χ0v) is 7.43. The molecule has 2 aliphatic rings. The first kappa shape index (κ1) is 8.05. The van der Waals surface area contributed by atoms with E-state index in [1.165, 1.54) is 7.11 Å². The van der Waals surface area contributed by atoms with Crippen LogP contribution < -0.4 is 5.32 Å². The van der Waals surface area contributed by atoms with Gasteiger partial charge in [0.25, 0.3) is 0 Å². The van der Waals surface area contributed by atoms with E-state index in [0.717, 1.165) is 32.2 Å². The minimum atomic E-state index is -0.158. The van der Waals surface area contributed by atoms with Gasteiger partial charge in [-0.25, -0.2) is 0 Å². The second-order valence-corrected chi connectivity index (χ2v) is 3.80. The van der Waals surface area contributed by atoms with Gasteiger partial charge in [0.15, 0.2) is 0 Å². The van der Waals surface area contributed by atoms with Crippen molar-refractivity contribution in [1.82, 2.24) is 5.32 Å². The molecule has 0 aromatic rings. The fourth-order valence-corrected chi connectivity index (χ4v) is 2.69. The van der Waals surface area contributed by atoms with Gasteiger partial charge in [-0.15, -0.1) is 0 Å². The molecule has 0 unspecified atom stereocenters. The van der Waals surface area contributed by atoms with E-state index in [1.807, 2.05) is 0 Å². The quantitative estimate of drug-likeness (QED) is 0.587. The minimum Gasteiger partial charge on any atom is -0.469 e. The Bertz CT molecular complexity index is 193. The van der Waals surface area contributed by atoms with Gasteiger partial charge in [0.1, 0.15) is 0 Å². The summed E-state index contributed by atoms with van der Waals surface area (Å²) in [6.45, 7) is 0.972. The number of hydrogen-bond donors (Lipinski definition) is 1. The zero-order chi connectivity index (χ0) is 8.60. The molecule has 1 aliphatic heterocycles. The number of ether oxygens (including phenoxy) is 1. The number of rotatable bonds is 1. The van der Waals surface area contributed by atoms with E-state index in [9.17, 15) is 4.79 Å². The summed E-state index contributed by atoms with van der Waals surface area (Å²) >= 11 is 0. The van der Waals surface area contributed by atoms with Crippen molar-refractivity contribution < 1.29 is 9.53 Å². The lowest BCUT2D eigenvalue weighted by Crippen LogP contribution is -2.39. The Morgan fingerprint density at radius 2 is 2.42 bits per heavy atom. The van der Waals surface area contributed by atoms with Crippen LogP contribution >= 0.6 is 0 Å². The summed E-state index contributed by atoms with van der Waals surface area (Å²) in [4.78, 5) is 11.6. The molecule has 68 valence electrons. The maximum absolute atomic E-state index is 11.6. The van der Waals surface area contributed by atoms with E-state index in [2.05, 4.69) is 5.32 Å². The molecule has 0 spiro atoms. The van der Waals surface area contributed by atoms with Crippen LogP contribution in [0, 0.1) is 5.41 Å². The molecule has 3 nitrogen and oxygen atoms in total. The minimum absolute atomic E-state index is 0.00463. The molecule has 0 bridgehead atoms. The third kappa shape index (κ3) is 0.891. The summed E-state index contributed by atoms with van der Waals surface area (Å²) in [5, 5.41) is 3.37. The fourth-order valence-electron chi connectivity index (χ4n) is 2.69. The normalized spacial score (nSPS) is 39.6. The van der Waals surface area contributed by atoms with Gasteiger partial charge in [-0.05, 0) is 25.8 Å². The molecule has 1 N–H and O–H groups in total. The van der Waals surface area contributed by atoms with Crippen LogP contribution in [0.5, 0.6) is 0 Å². The molecule has 1 aliphatic carbocycles. The van der Waals surface area contributed by atoms with Gasteiger partial charge < -0.3 is 10.1 Å². The van der Waals surface area contributed by atoms with Crippen molar-refractivity contribution in [3.8, 4) is 0 Å². The van der Waals surface area contributed by atoms with Crippen molar-refractivity contribution in [2.45, 2.75) is 31.7 Å². The third-order valence-electron chi connectivity index (χ3n) is 3.34. The smallest absolute Gasteiger partial charge is 0.313 e. The Hall–Kier alpha value is -0.570. The Balaban J connectivity index is 2.21. The SMILES string of the molecule is COC(=O)[C@]12CCC[C@H]1NCC2. The van der Waals surface area contributed by atoms with Gasteiger partial charge in [-0.3, -0.25) is 4.79 Å². The highest BCUT2D eigenvalue weighted by molar-refractivity contribution is 5.78. The van der Waals surface area contributed by atoms with Gasteiger partial charge in [0, 0.05) is 6.04 Å². The Morgan fingerprint density at radius 3 is 3.17 bits per heavy atom. The van der Waals surface area contributed by atoms with Gasteiger partial charge in [0.2, 0.25) is 0 Å².